The first-order valence-corrected chi connectivity index (χ1v) is 6.34. The number of carbonyl (C=O) groups excluding carboxylic acids is 1. The fourth-order valence-electron chi connectivity index (χ4n) is 0.644. The summed E-state index contributed by atoms with van der Waals surface area (Å²) >= 11 is 0. The largest absolute Gasteiger partial charge is 0.319 e. The van der Waals surface area contributed by atoms with E-state index in [0.717, 1.165) is 0 Å². The standard InChI is InChI=1S/C8H18N2O2S/c1-8(2,3)6(9)7(11)10-13(4,5)12/h6H,9H2,1-5H3. The predicted octanol–water partition coefficient (Wildman–Crippen LogP) is 0.614. The van der Waals surface area contributed by atoms with E-state index < -0.39 is 21.7 Å². The highest BCUT2D eigenvalue weighted by atomic mass is 32.2. The van der Waals surface area contributed by atoms with Gasteiger partial charge >= 0.3 is 0 Å². The Morgan fingerprint density at radius 3 is 2.00 bits per heavy atom. The molecule has 1 unspecified atom stereocenters. The molecule has 0 fully saturated rings. The molecule has 0 aliphatic heterocycles. The van der Waals surface area contributed by atoms with Crippen LogP contribution in [0.1, 0.15) is 20.8 Å². The van der Waals surface area contributed by atoms with Crippen LogP contribution in [0.2, 0.25) is 0 Å². The van der Waals surface area contributed by atoms with E-state index in [1.54, 1.807) is 0 Å². The highest BCUT2D eigenvalue weighted by Crippen LogP contribution is 2.18. The minimum absolute atomic E-state index is 0.342. The predicted molar refractivity (Wildman–Crippen MR) is 54.9 cm³/mol. The average molecular weight is 206 g/mol. The molecule has 0 rings (SSSR count). The molecule has 78 valence electrons. The van der Waals surface area contributed by atoms with Crippen LogP contribution >= 0.6 is 0 Å². The molecule has 1 atom stereocenters. The molecule has 0 spiro atoms. The van der Waals surface area contributed by atoms with E-state index in [9.17, 15) is 9.00 Å². The van der Waals surface area contributed by atoms with Crippen molar-refractivity contribution in [2.75, 3.05) is 12.5 Å². The van der Waals surface area contributed by atoms with E-state index in [1.807, 2.05) is 20.8 Å². The van der Waals surface area contributed by atoms with E-state index >= 15 is 0 Å². The number of rotatable bonds is 1. The third kappa shape index (κ3) is 5.00. The van der Waals surface area contributed by atoms with Crippen molar-refractivity contribution in [3.05, 3.63) is 0 Å². The fourth-order valence-corrected chi connectivity index (χ4v) is 1.19. The minimum atomic E-state index is -2.38. The van der Waals surface area contributed by atoms with Crippen molar-refractivity contribution < 1.29 is 9.00 Å². The Labute approximate surface area is 80.1 Å². The summed E-state index contributed by atoms with van der Waals surface area (Å²) in [7, 11) is -2.38. The molecule has 0 aliphatic rings. The van der Waals surface area contributed by atoms with Gasteiger partial charge in [0.2, 0.25) is 0 Å². The van der Waals surface area contributed by atoms with E-state index in [-0.39, 0.29) is 5.41 Å². The van der Waals surface area contributed by atoms with Gasteiger partial charge in [0.25, 0.3) is 5.91 Å². The summed E-state index contributed by atoms with van der Waals surface area (Å²) < 4.78 is 14.7. The van der Waals surface area contributed by atoms with Crippen molar-refractivity contribution >= 4 is 15.6 Å². The maximum Gasteiger partial charge on any atom is 0.271 e. The first kappa shape index (κ1) is 12.6. The lowest BCUT2D eigenvalue weighted by molar-refractivity contribution is -0.120. The van der Waals surface area contributed by atoms with Crippen LogP contribution in [0.15, 0.2) is 4.36 Å². The number of nitrogens with two attached hydrogens (primary N) is 1. The van der Waals surface area contributed by atoms with E-state index in [0.29, 0.717) is 0 Å². The number of hydrogen-bond donors (Lipinski definition) is 1. The summed E-state index contributed by atoms with van der Waals surface area (Å²) in [5.41, 5.74) is 5.29. The van der Waals surface area contributed by atoms with Gasteiger partial charge in [0.1, 0.15) is 0 Å². The highest BCUT2D eigenvalue weighted by Gasteiger charge is 2.27. The Kier molecular flexibility index (Phi) is 3.63. The van der Waals surface area contributed by atoms with Crippen molar-refractivity contribution in [3.63, 3.8) is 0 Å². The summed E-state index contributed by atoms with van der Waals surface area (Å²) in [6.45, 7) is 5.54. The van der Waals surface area contributed by atoms with Gasteiger partial charge in [-0.1, -0.05) is 20.8 Å². The molecule has 0 heterocycles. The number of hydrogen-bond acceptors (Lipinski definition) is 3. The van der Waals surface area contributed by atoms with Gasteiger partial charge in [0, 0.05) is 22.2 Å². The molecule has 0 aromatic rings. The Hall–Kier alpha value is -0.420. The van der Waals surface area contributed by atoms with Crippen LogP contribution in [-0.2, 0) is 14.5 Å². The lowest BCUT2D eigenvalue weighted by atomic mass is 9.87. The topological polar surface area (TPSA) is 72.5 Å². The van der Waals surface area contributed by atoms with E-state index in [4.69, 9.17) is 5.73 Å². The Morgan fingerprint density at radius 1 is 1.38 bits per heavy atom. The summed E-state index contributed by atoms with van der Waals surface area (Å²) in [6.07, 6.45) is 2.83. The van der Waals surface area contributed by atoms with Crippen LogP contribution in [0.4, 0.5) is 0 Å². The lowest BCUT2D eigenvalue weighted by Crippen LogP contribution is -2.41. The molecular formula is C8H18N2O2S. The molecule has 4 nitrogen and oxygen atoms in total. The first-order valence-electron chi connectivity index (χ1n) is 4.00. The van der Waals surface area contributed by atoms with Crippen molar-refractivity contribution in [3.8, 4) is 0 Å². The molecule has 0 aromatic heterocycles. The minimum Gasteiger partial charge on any atom is -0.319 e. The normalized spacial score (nSPS) is 15.2. The molecule has 0 aliphatic carbocycles. The third-order valence-electron chi connectivity index (χ3n) is 1.51. The van der Waals surface area contributed by atoms with Gasteiger partial charge < -0.3 is 5.73 Å². The second-order valence-electron chi connectivity index (χ2n) is 4.45. The molecule has 0 saturated carbocycles. The van der Waals surface area contributed by atoms with E-state index in [2.05, 4.69) is 4.36 Å². The SMILES string of the molecule is CC(C)(C)C(N)C(=O)N=S(C)(C)=O. The Bertz CT molecular complexity index is 301. The zero-order valence-corrected chi connectivity index (χ0v) is 9.64. The maximum absolute atomic E-state index is 11.3. The Balaban J connectivity index is 4.77. The average Bonchev–Trinajstić information content (AvgIpc) is 1.79. The molecule has 2 N–H and O–H groups in total. The lowest BCUT2D eigenvalue weighted by Gasteiger charge is -2.23. The maximum atomic E-state index is 11.3. The molecule has 0 saturated heterocycles. The molecule has 0 radical (unpaired) electrons. The highest BCUT2D eigenvalue weighted by molar-refractivity contribution is 7.92. The zero-order valence-electron chi connectivity index (χ0n) is 8.83. The molecular weight excluding hydrogens is 188 g/mol. The first-order chi connectivity index (χ1) is 5.54. The number of amides is 1. The zero-order chi connectivity index (χ0) is 10.9. The number of nitrogens with zero attached hydrogens (tertiary/aromatic N) is 1. The van der Waals surface area contributed by atoms with Crippen molar-refractivity contribution in [2.24, 2.45) is 15.5 Å². The summed E-state index contributed by atoms with van der Waals surface area (Å²) in [5, 5.41) is 0. The van der Waals surface area contributed by atoms with Crippen molar-refractivity contribution in [1.29, 1.82) is 0 Å². The molecule has 1 amide bonds. The second-order valence-corrected chi connectivity index (χ2v) is 7.00. The van der Waals surface area contributed by atoms with Gasteiger partial charge in [-0.3, -0.25) is 4.79 Å². The number of carbonyl (C=O) groups is 1. The van der Waals surface area contributed by atoms with Crippen LogP contribution in [0.25, 0.3) is 0 Å². The summed E-state index contributed by atoms with van der Waals surface area (Å²) in [4.78, 5) is 11.3. The van der Waals surface area contributed by atoms with Crippen LogP contribution in [0.5, 0.6) is 0 Å². The van der Waals surface area contributed by atoms with Crippen LogP contribution < -0.4 is 5.73 Å². The molecule has 0 aromatic carbocycles. The Morgan fingerprint density at radius 2 is 1.77 bits per heavy atom. The molecule has 0 bridgehead atoms. The smallest absolute Gasteiger partial charge is 0.271 e. The van der Waals surface area contributed by atoms with Gasteiger partial charge in [-0.25, -0.2) is 4.21 Å². The van der Waals surface area contributed by atoms with Gasteiger partial charge in [-0.2, -0.15) is 4.36 Å². The van der Waals surface area contributed by atoms with Gasteiger partial charge in [-0.05, 0) is 5.41 Å². The fraction of sp³-hybridized carbons (Fsp3) is 0.875. The second kappa shape index (κ2) is 3.75. The van der Waals surface area contributed by atoms with Gasteiger partial charge in [0.05, 0.1) is 6.04 Å². The van der Waals surface area contributed by atoms with Crippen LogP contribution in [0.3, 0.4) is 0 Å². The van der Waals surface area contributed by atoms with Crippen molar-refractivity contribution in [2.45, 2.75) is 26.8 Å². The quantitative estimate of drug-likeness (QED) is 0.683. The molecule has 13 heavy (non-hydrogen) atoms. The summed E-state index contributed by atoms with van der Waals surface area (Å²) in [6, 6.07) is -0.687. The van der Waals surface area contributed by atoms with Gasteiger partial charge in [-0.15, -0.1) is 0 Å². The third-order valence-corrected chi connectivity index (χ3v) is 2.13. The van der Waals surface area contributed by atoms with E-state index in [1.165, 1.54) is 12.5 Å². The summed E-state index contributed by atoms with van der Waals surface area (Å²) in [5.74, 6) is -0.484. The van der Waals surface area contributed by atoms with Crippen LogP contribution in [-0.4, -0.2) is 28.7 Å². The van der Waals surface area contributed by atoms with Crippen LogP contribution in [0, 0.1) is 5.41 Å². The van der Waals surface area contributed by atoms with Gasteiger partial charge in [0.15, 0.2) is 0 Å². The molecule has 5 heteroatoms. The monoisotopic (exact) mass is 206 g/mol. The van der Waals surface area contributed by atoms with Crippen molar-refractivity contribution in [1.82, 2.24) is 0 Å².